The van der Waals surface area contributed by atoms with Crippen molar-refractivity contribution < 1.29 is 5.11 Å². The Hall–Kier alpha value is -1.66. The number of aryl methyl sites for hydroxylation is 1. The molecule has 0 aliphatic carbocycles. The minimum absolute atomic E-state index is 0.0225. The van der Waals surface area contributed by atoms with E-state index in [9.17, 15) is 9.90 Å². The second-order valence-corrected chi connectivity index (χ2v) is 8.22. The highest BCUT2D eigenvalue weighted by molar-refractivity contribution is 7.24. The van der Waals surface area contributed by atoms with Crippen LogP contribution in [0.3, 0.4) is 0 Å². The van der Waals surface area contributed by atoms with Gasteiger partial charge in [-0.3, -0.25) is 4.79 Å². The number of hydrogen-bond donors (Lipinski definition) is 2. The van der Waals surface area contributed by atoms with E-state index in [0.29, 0.717) is 28.9 Å². The number of nitrogens with one attached hydrogen (secondary N) is 1. The maximum atomic E-state index is 13.2. The van der Waals surface area contributed by atoms with Crippen molar-refractivity contribution >= 4 is 48.8 Å². The molecule has 0 bridgehead atoms. The van der Waals surface area contributed by atoms with Crippen LogP contribution in [0.4, 0.5) is 5.69 Å². The molecular weight excluding hydrogens is 380 g/mol. The summed E-state index contributed by atoms with van der Waals surface area (Å²) in [5.74, 6) is 0. The molecule has 2 aromatic carbocycles. The van der Waals surface area contributed by atoms with Crippen LogP contribution < -0.4 is 10.7 Å². The highest BCUT2D eigenvalue weighted by Gasteiger charge is 2.14. The molecule has 0 saturated heterocycles. The molecule has 2 N–H and O–H groups in total. The molecule has 0 fully saturated rings. The van der Waals surface area contributed by atoms with E-state index in [4.69, 9.17) is 11.6 Å². The van der Waals surface area contributed by atoms with Gasteiger partial charge in [0.05, 0.1) is 11.5 Å². The van der Waals surface area contributed by atoms with Gasteiger partial charge in [0.25, 0.3) is 0 Å². The summed E-state index contributed by atoms with van der Waals surface area (Å²) in [6.45, 7) is 8.98. The van der Waals surface area contributed by atoms with Crippen molar-refractivity contribution in [3.63, 3.8) is 0 Å². The van der Waals surface area contributed by atoms with Crippen LogP contribution in [0.2, 0.25) is 5.02 Å². The van der Waals surface area contributed by atoms with Crippen molar-refractivity contribution in [1.29, 1.82) is 0 Å². The molecule has 4 nitrogen and oxygen atoms in total. The van der Waals surface area contributed by atoms with E-state index in [1.165, 1.54) is 0 Å². The molecular formula is C21H25ClN2O2S. The fourth-order valence-corrected chi connectivity index (χ4v) is 4.60. The Morgan fingerprint density at radius 3 is 2.67 bits per heavy atom. The summed E-state index contributed by atoms with van der Waals surface area (Å²) in [7, 11) is 0. The number of fused-ring (bicyclic) bond motifs is 2. The Balaban J connectivity index is 1.98. The van der Waals surface area contributed by atoms with Gasteiger partial charge in [0.15, 0.2) is 5.43 Å². The quantitative estimate of drug-likeness (QED) is 0.569. The Labute approximate surface area is 168 Å². The molecule has 6 heteroatoms. The molecule has 0 saturated carbocycles. The second kappa shape index (κ2) is 8.57. The molecule has 1 heterocycles. The van der Waals surface area contributed by atoms with E-state index in [-0.39, 0.29) is 5.43 Å². The molecule has 3 rings (SSSR count). The number of rotatable bonds is 7. The van der Waals surface area contributed by atoms with E-state index in [2.05, 4.69) is 24.1 Å². The third kappa shape index (κ3) is 4.27. The van der Waals surface area contributed by atoms with Gasteiger partial charge in [-0.1, -0.05) is 31.5 Å². The van der Waals surface area contributed by atoms with E-state index in [1.54, 1.807) is 17.4 Å². The molecule has 0 spiro atoms. The number of hydrogen-bond acceptors (Lipinski definition) is 5. The Kier molecular flexibility index (Phi) is 6.37. The number of aliphatic hydroxyl groups excluding tert-OH is 1. The average molecular weight is 405 g/mol. The summed E-state index contributed by atoms with van der Waals surface area (Å²) in [6.07, 6.45) is -0.505. The van der Waals surface area contributed by atoms with Gasteiger partial charge in [-0.15, -0.1) is 11.3 Å². The Morgan fingerprint density at radius 1 is 1.22 bits per heavy atom. The SMILES string of the molecule is CCN(CC)C[C@H](O)CNc1ccc(C)c2sc3ccc(Cl)cc3c(=O)c12. The lowest BCUT2D eigenvalue weighted by Gasteiger charge is -2.22. The first-order valence-corrected chi connectivity index (χ1v) is 10.4. The monoisotopic (exact) mass is 404 g/mol. The largest absolute Gasteiger partial charge is 0.390 e. The lowest BCUT2D eigenvalue weighted by Crippen LogP contribution is -2.36. The molecule has 27 heavy (non-hydrogen) atoms. The van der Waals surface area contributed by atoms with Gasteiger partial charge < -0.3 is 15.3 Å². The molecule has 144 valence electrons. The van der Waals surface area contributed by atoms with Gasteiger partial charge in [-0.05, 0) is 49.8 Å². The van der Waals surface area contributed by atoms with Crippen molar-refractivity contribution in [3.8, 4) is 0 Å². The smallest absolute Gasteiger partial charge is 0.198 e. The fourth-order valence-electron chi connectivity index (χ4n) is 3.28. The first kappa shape index (κ1) is 20.1. The highest BCUT2D eigenvalue weighted by atomic mass is 35.5. The zero-order valence-corrected chi connectivity index (χ0v) is 17.5. The van der Waals surface area contributed by atoms with Crippen LogP contribution in [-0.4, -0.2) is 42.3 Å². The molecule has 0 aliphatic heterocycles. The van der Waals surface area contributed by atoms with E-state index in [1.807, 2.05) is 31.2 Å². The summed E-state index contributed by atoms with van der Waals surface area (Å²) in [5, 5.41) is 15.5. The maximum absolute atomic E-state index is 13.2. The van der Waals surface area contributed by atoms with E-state index in [0.717, 1.165) is 33.7 Å². The minimum Gasteiger partial charge on any atom is -0.390 e. The fraction of sp³-hybridized carbons (Fsp3) is 0.381. The predicted molar refractivity (Wildman–Crippen MR) is 118 cm³/mol. The highest BCUT2D eigenvalue weighted by Crippen LogP contribution is 2.32. The molecule has 0 radical (unpaired) electrons. The molecule has 1 atom stereocenters. The Morgan fingerprint density at radius 2 is 1.96 bits per heavy atom. The van der Waals surface area contributed by atoms with Crippen molar-refractivity contribution in [2.75, 3.05) is 31.5 Å². The number of anilines is 1. The van der Waals surface area contributed by atoms with E-state index < -0.39 is 6.10 Å². The summed E-state index contributed by atoms with van der Waals surface area (Å²) in [6, 6.07) is 9.38. The number of nitrogens with zero attached hydrogens (tertiary/aromatic N) is 1. The van der Waals surface area contributed by atoms with Gasteiger partial charge in [0, 0.05) is 38.6 Å². The third-order valence-electron chi connectivity index (χ3n) is 4.87. The van der Waals surface area contributed by atoms with Crippen LogP contribution in [0.1, 0.15) is 19.4 Å². The van der Waals surface area contributed by atoms with Crippen molar-refractivity contribution in [2.45, 2.75) is 26.9 Å². The van der Waals surface area contributed by atoms with Gasteiger partial charge >= 0.3 is 0 Å². The first-order chi connectivity index (χ1) is 12.9. The normalized spacial score (nSPS) is 12.8. The van der Waals surface area contributed by atoms with Gasteiger partial charge in [-0.25, -0.2) is 0 Å². The molecule has 1 aromatic heterocycles. The Bertz CT molecular complexity index is 1010. The second-order valence-electron chi connectivity index (χ2n) is 6.73. The van der Waals surface area contributed by atoms with Crippen molar-refractivity contribution in [1.82, 2.24) is 4.90 Å². The van der Waals surface area contributed by atoms with Crippen LogP contribution in [0.5, 0.6) is 0 Å². The topological polar surface area (TPSA) is 52.6 Å². The van der Waals surface area contributed by atoms with Crippen LogP contribution in [0, 0.1) is 6.92 Å². The summed E-state index contributed by atoms with van der Waals surface area (Å²) in [5.41, 5.74) is 1.81. The molecule has 0 amide bonds. The van der Waals surface area contributed by atoms with Crippen molar-refractivity contribution in [3.05, 3.63) is 51.1 Å². The van der Waals surface area contributed by atoms with Crippen LogP contribution in [0.15, 0.2) is 35.1 Å². The number of aliphatic hydroxyl groups is 1. The lowest BCUT2D eigenvalue weighted by molar-refractivity contribution is 0.128. The predicted octanol–water partition coefficient (Wildman–Crippen LogP) is 4.49. The average Bonchev–Trinajstić information content (AvgIpc) is 2.66. The molecule has 3 aromatic rings. The molecule has 0 aliphatic rings. The zero-order chi connectivity index (χ0) is 19.6. The van der Waals surface area contributed by atoms with Crippen LogP contribution >= 0.6 is 22.9 Å². The summed E-state index contributed by atoms with van der Waals surface area (Å²) >= 11 is 7.70. The summed E-state index contributed by atoms with van der Waals surface area (Å²) < 4.78 is 1.90. The number of benzene rings is 2. The third-order valence-corrected chi connectivity index (χ3v) is 6.41. The number of halogens is 1. The van der Waals surface area contributed by atoms with Crippen molar-refractivity contribution in [2.24, 2.45) is 0 Å². The van der Waals surface area contributed by atoms with Gasteiger partial charge in [0.2, 0.25) is 0 Å². The van der Waals surface area contributed by atoms with Crippen LogP contribution in [-0.2, 0) is 0 Å². The zero-order valence-electron chi connectivity index (χ0n) is 15.9. The van der Waals surface area contributed by atoms with Gasteiger partial charge in [-0.2, -0.15) is 0 Å². The van der Waals surface area contributed by atoms with Gasteiger partial charge in [0.1, 0.15) is 0 Å². The lowest BCUT2D eigenvalue weighted by atomic mass is 10.1. The van der Waals surface area contributed by atoms with Crippen LogP contribution in [0.25, 0.3) is 20.2 Å². The number of likely N-dealkylation sites (N-methyl/N-ethyl adjacent to an activating group) is 1. The maximum Gasteiger partial charge on any atom is 0.198 e. The standard InChI is InChI=1S/C21H25ClN2O2S/c1-4-24(5-2)12-15(25)11-23-17-8-6-13(3)21-19(17)20(26)16-10-14(22)7-9-18(16)27-21/h6-10,15,23,25H,4-5,11-12H2,1-3H3/t15-/m1/s1. The molecule has 0 unspecified atom stereocenters. The minimum atomic E-state index is -0.505. The first-order valence-electron chi connectivity index (χ1n) is 9.24. The summed E-state index contributed by atoms with van der Waals surface area (Å²) in [4.78, 5) is 15.3. The van der Waals surface area contributed by atoms with E-state index >= 15 is 0 Å².